The Balaban J connectivity index is 2.15. The maximum Gasteiger partial charge on any atom is 0.451 e. The summed E-state index contributed by atoms with van der Waals surface area (Å²) in [5.74, 6) is -0.723. The molecule has 1 aromatic rings. The lowest BCUT2D eigenvalue weighted by Crippen LogP contribution is -2.29. The lowest BCUT2D eigenvalue weighted by atomic mass is 9.95. The highest BCUT2D eigenvalue weighted by atomic mass is 32.2. The number of nitrogens with zero attached hydrogens (tertiary/aromatic N) is 2. The molecule has 4 nitrogen and oxygen atoms in total. The Bertz CT molecular complexity index is 481. The van der Waals surface area contributed by atoms with Crippen molar-refractivity contribution in [2.45, 2.75) is 43.2 Å². The SMILES string of the molecule is CNc1cc(NC2CCCC(SC)C2)nc(C(F)(F)F)n1. The molecule has 1 aromatic heterocycles. The summed E-state index contributed by atoms with van der Waals surface area (Å²) in [5, 5.41) is 6.33. The van der Waals surface area contributed by atoms with Gasteiger partial charge < -0.3 is 10.6 Å². The van der Waals surface area contributed by atoms with Gasteiger partial charge in [-0.1, -0.05) is 6.42 Å². The topological polar surface area (TPSA) is 49.8 Å². The second-order valence-corrected chi connectivity index (χ2v) is 6.21. The van der Waals surface area contributed by atoms with Crippen LogP contribution in [-0.2, 0) is 6.18 Å². The molecule has 8 heteroatoms. The molecule has 1 aliphatic carbocycles. The van der Waals surface area contributed by atoms with Crippen molar-refractivity contribution >= 4 is 23.4 Å². The van der Waals surface area contributed by atoms with E-state index in [9.17, 15) is 13.2 Å². The normalized spacial score (nSPS) is 22.9. The van der Waals surface area contributed by atoms with E-state index in [1.807, 2.05) is 11.8 Å². The quantitative estimate of drug-likeness (QED) is 0.887. The van der Waals surface area contributed by atoms with Gasteiger partial charge >= 0.3 is 6.18 Å². The average molecular weight is 320 g/mol. The highest BCUT2D eigenvalue weighted by Gasteiger charge is 2.35. The van der Waals surface area contributed by atoms with Gasteiger partial charge in [0.15, 0.2) is 0 Å². The van der Waals surface area contributed by atoms with Crippen molar-refractivity contribution in [3.05, 3.63) is 11.9 Å². The summed E-state index contributed by atoms with van der Waals surface area (Å²) >= 11 is 1.81. The van der Waals surface area contributed by atoms with Crippen molar-refractivity contribution < 1.29 is 13.2 Å². The predicted molar refractivity (Wildman–Crippen MR) is 79.8 cm³/mol. The molecule has 2 unspecified atom stereocenters. The zero-order valence-corrected chi connectivity index (χ0v) is 12.8. The number of thioether (sulfide) groups is 1. The Morgan fingerprint density at radius 2 is 1.95 bits per heavy atom. The fourth-order valence-corrected chi connectivity index (χ4v) is 3.30. The van der Waals surface area contributed by atoms with Gasteiger partial charge in [-0.25, -0.2) is 9.97 Å². The molecule has 1 heterocycles. The number of alkyl halides is 3. The summed E-state index contributed by atoms with van der Waals surface area (Å²) in [5.41, 5.74) is 0. The molecule has 1 saturated carbocycles. The first kappa shape index (κ1) is 16.2. The van der Waals surface area contributed by atoms with E-state index in [0.717, 1.165) is 19.3 Å². The second kappa shape index (κ2) is 6.72. The number of hydrogen-bond acceptors (Lipinski definition) is 5. The van der Waals surface area contributed by atoms with Crippen LogP contribution in [0.3, 0.4) is 0 Å². The molecule has 118 valence electrons. The van der Waals surface area contributed by atoms with E-state index in [0.29, 0.717) is 5.25 Å². The number of halogens is 3. The number of hydrogen-bond donors (Lipinski definition) is 2. The van der Waals surface area contributed by atoms with Crippen molar-refractivity contribution in [2.24, 2.45) is 0 Å². The minimum atomic E-state index is -4.54. The highest BCUT2D eigenvalue weighted by Crippen LogP contribution is 2.31. The van der Waals surface area contributed by atoms with E-state index in [2.05, 4.69) is 26.9 Å². The Morgan fingerprint density at radius 1 is 1.24 bits per heavy atom. The summed E-state index contributed by atoms with van der Waals surface area (Å²) in [6, 6.07) is 1.68. The van der Waals surface area contributed by atoms with Gasteiger partial charge in [-0.05, 0) is 25.5 Å². The first-order valence-corrected chi connectivity index (χ1v) is 8.14. The molecule has 0 radical (unpaired) electrons. The van der Waals surface area contributed by atoms with Crippen LogP contribution in [0.2, 0.25) is 0 Å². The van der Waals surface area contributed by atoms with Gasteiger partial charge in [0, 0.05) is 24.4 Å². The molecule has 0 aromatic carbocycles. The van der Waals surface area contributed by atoms with Crippen LogP contribution in [0.15, 0.2) is 6.07 Å². The van der Waals surface area contributed by atoms with Gasteiger partial charge in [0.2, 0.25) is 5.82 Å². The summed E-state index contributed by atoms with van der Waals surface area (Å²) in [4.78, 5) is 7.06. The van der Waals surface area contributed by atoms with Crippen LogP contribution >= 0.6 is 11.8 Å². The number of anilines is 2. The standard InChI is InChI=1S/C13H19F3N4S/c1-17-10-7-11(20-12(19-10)13(14,15)16)18-8-4-3-5-9(6-8)21-2/h7-9H,3-6H2,1-2H3,(H2,17,18,19,20). The van der Waals surface area contributed by atoms with E-state index in [1.165, 1.54) is 19.5 Å². The van der Waals surface area contributed by atoms with E-state index in [1.54, 1.807) is 0 Å². The van der Waals surface area contributed by atoms with E-state index >= 15 is 0 Å². The van der Waals surface area contributed by atoms with Crippen molar-refractivity contribution in [1.29, 1.82) is 0 Å². The Kier molecular flexibility index (Phi) is 5.18. The molecule has 0 spiro atoms. The lowest BCUT2D eigenvalue weighted by Gasteiger charge is -2.29. The summed E-state index contributed by atoms with van der Waals surface area (Å²) in [7, 11) is 1.54. The smallest absolute Gasteiger partial charge is 0.373 e. The molecule has 2 rings (SSSR count). The molecular weight excluding hydrogens is 301 g/mol. The fourth-order valence-electron chi connectivity index (χ4n) is 2.48. The molecule has 0 amide bonds. The third-order valence-corrected chi connectivity index (χ3v) is 4.64. The second-order valence-electron chi connectivity index (χ2n) is 5.08. The number of rotatable bonds is 4. The Hall–Kier alpha value is -1.18. The molecule has 2 N–H and O–H groups in total. The average Bonchev–Trinajstić information content (AvgIpc) is 2.46. The van der Waals surface area contributed by atoms with Crippen molar-refractivity contribution in [3.63, 3.8) is 0 Å². The third-order valence-electron chi connectivity index (χ3n) is 3.55. The molecule has 0 bridgehead atoms. The van der Waals surface area contributed by atoms with Crippen LogP contribution in [0.1, 0.15) is 31.5 Å². The van der Waals surface area contributed by atoms with Gasteiger partial charge in [0.1, 0.15) is 11.6 Å². The predicted octanol–water partition coefficient (Wildman–Crippen LogP) is 3.62. The van der Waals surface area contributed by atoms with Gasteiger partial charge in [0.05, 0.1) is 0 Å². The largest absolute Gasteiger partial charge is 0.451 e. The minimum absolute atomic E-state index is 0.164. The van der Waals surface area contributed by atoms with Gasteiger partial charge in [-0.15, -0.1) is 0 Å². The highest BCUT2D eigenvalue weighted by molar-refractivity contribution is 7.99. The molecule has 0 aliphatic heterocycles. The molecular formula is C13H19F3N4S. The van der Waals surface area contributed by atoms with Crippen molar-refractivity contribution in [2.75, 3.05) is 23.9 Å². The summed E-state index contributed by atoms with van der Waals surface area (Å²) in [6.07, 6.45) is 1.67. The van der Waals surface area contributed by atoms with E-state index < -0.39 is 12.0 Å². The van der Waals surface area contributed by atoms with E-state index in [4.69, 9.17) is 0 Å². The Labute approximate surface area is 126 Å². The monoisotopic (exact) mass is 320 g/mol. The maximum atomic E-state index is 12.8. The summed E-state index contributed by atoms with van der Waals surface area (Å²) < 4.78 is 38.4. The zero-order chi connectivity index (χ0) is 15.5. The first-order chi connectivity index (χ1) is 9.92. The van der Waals surface area contributed by atoms with Crippen LogP contribution in [-0.4, -0.2) is 34.6 Å². The first-order valence-electron chi connectivity index (χ1n) is 6.85. The molecule has 2 atom stereocenters. The lowest BCUT2D eigenvalue weighted by molar-refractivity contribution is -0.144. The number of aromatic nitrogens is 2. The molecule has 21 heavy (non-hydrogen) atoms. The van der Waals surface area contributed by atoms with Crippen LogP contribution in [0.5, 0.6) is 0 Å². The summed E-state index contributed by atoms with van der Waals surface area (Å²) in [6.45, 7) is 0. The Morgan fingerprint density at radius 3 is 2.57 bits per heavy atom. The zero-order valence-electron chi connectivity index (χ0n) is 12.0. The van der Waals surface area contributed by atoms with Crippen molar-refractivity contribution in [1.82, 2.24) is 9.97 Å². The van der Waals surface area contributed by atoms with Gasteiger partial charge in [0.25, 0.3) is 0 Å². The number of nitrogens with one attached hydrogen (secondary N) is 2. The van der Waals surface area contributed by atoms with Crippen LogP contribution in [0.25, 0.3) is 0 Å². The maximum absolute atomic E-state index is 12.8. The molecule has 1 aliphatic rings. The van der Waals surface area contributed by atoms with Gasteiger partial charge in [-0.2, -0.15) is 24.9 Å². The van der Waals surface area contributed by atoms with E-state index in [-0.39, 0.29) is 17.7 Å². The van der Waals surface area contributed by atoms with Crippen molar-refractivity contribution in [3.8, 4) is 0 Å². The molecule has 1 fully saturated rings. The van der Waals surface area contributed by atoms with Crippen LogP contribution in [0.4, 0.5) is 24.8 Å². The van der Waals surface area contributed by atoms with Crippen LogP contribution in [0, 0.1) is 0 Å². The minimum Gasteiger partial charge on any atom is -0.373 e. The third kappa shape index (κ3) is 4.39. The van der Waals surface area contributed by atoms with Crippen LogP contribution < -0.4 is 10.6 Å². The van der Waals surface area contributed by atoms with Gasteiger partial charge in [-0.3, -0.25) is 0 Å². The fraction of sp³-hybridized carbons (Fsp3) is 0.692. The molecule has 0 saturated heterocycles.